The minimum atomic E-state index is -0.564. The van der Waals surface area contributed by atoms with Crippen LogP contribution in [0, 0.1) is 5.82 Å². The number of amides is 1. The van der Waals surface area contributed by atoms with E-state index in [1.165, 1.54) is 25.5 Å². The first-order valence-corrected chi connectivity index (χ1v) is 12.8. The fraction of sp³-hybridized carbons (Fsp3) is 0.0938. The summed E-state index contributed by atoms with van der Waals surface area (Å²) in [7, 11) is 1.52. The Morgan fingerprint density at radius 1 is 0.951 bits per heavy atom. The van der Waals surface area contributed by atoms with E-state index < -0.39 is 17.7 Å². The second-order valence-electron chi connectivity index (χ2n) is 8.89. The molecule has 0 unspecified atom stereocenters. The summed E-state index contributed by atoms with van der Waals surface area (Å²) in [6.07, 6.45) is 1.44. The van der Waals surface area contributed by atoms with Gasteiger partial charge in [-0.3, -0.25) is 4.79 Å². The first-order chi connectivity index (χ1) is 20.0. The van der Waals surface area contributed by atoms with Gasteiger partial charge < -0.3 is 19.2 Å². The lowest BCUT2D eigenvalue weighted by Crippen LogP contribution is -2.18. The second kappa shape index (κ2) is 12.2. The first-order valence-electron chi connectivity index (χ1n) is 12.8. The van der Waals surface area contributed by atoms with Crippen molar-refractivity contribution in [1.82, 2.24) is 10.4 Å². The van der Waals surface area contributed by atoms with E-state index in [0.29, 0.717) is 45.7 Å². The van der Waals surface area contributed by atoms with Gasteiger partial charge in [0.25, 0.3) is 5.91 Å². The van der Waals surface area contributed by atoms with Gasteiger partial charge in [-0.25, -0.2) is 14.6 Å². The molecule has 0 aliphatic carbocycles. The second-order valence-corrected chi connectivity index (χ2v) is 8.89. The van der Waals surface area contributed by atoms with Crippen molar-refractivity contribution in [1.29, 1.82) is 0 Å². The summed E-state index contributed by atoms with van der Waals surface area (Å²) in [4.78, 5) is 28.9. The van der Waals surface area contributed by atoms with Crippen molar-refractivity contribution in [2.45, 2.75) is 6.92 Å². The van der Waals surface area contributed by atoms with E-state index >= 15 is 0 Å². The smallest absolute Gasteiger partial charge is 0.343 e. The van der Waals surface area contributed by atoms with Gasteiger partial charge in [0.2, 0.25) is 0 Å². The van der Waals surface area contributed by atoms with Crippen molar-refractivity contribution in [3.63, 3.8) is 0 Å². The molecule has 0 radical (unpaired) electrons. The van der Waals surface area contributed by atoms with E-state index in [4.69, 9.17) is 14.2 Å². The molecule has 0 saturated carbocycles. The number of halogens is 1. The van der Waals surface area contributed by atoms with Gasteiger partial charge in [0, 0.05) is 16.5 Å². The number of aromatic nitrogens is 1. The molecule has 5 aromatic rings. The fourth-order valence-corrected chi connectivity index (χ4v) is 4.33. The average molecular weight is 552 g/mol. The van der Waals surface area contributed by atoms with Crippen LogP contribution >= 0.6 is 0 Å². The lowest BCUT2D eigenvalue weighted by molar-refractivity contribution is 0.0727. The maximum atomic E-state index is 14.1. The van der Waals surface area contributed by atoms with Gasteiger partial charge in [0.05, 0.1) is 25.5 Å². The van der Waals surface area contributed by atoms with Crippen molar-refractivity contribution < 1.29 is 28.2 Å². The highest BCUT2D eigenvalue weighted by Gasteiger charge is 2.20. The molecule has 0 fully saturated rings. The molecule has 41 heavy (non-hydrogen) atoms. The summed E-state index contributed by atoms with van der Waals surface area (Å²) < 4.78 is 30.5. The Labute approximate surface area is 235 Å². The maximum absolute atomic E-state index is 14.1. The number of hydrogen-bond donors (Lipinski definition) is 2. The van der Waals surface area contributed by atoms with Gasteiger partial charge in [-0.15, -0.1) is 0 Å². The molecule has 0 aliphatic heterocycles. The molecule has 2 N–H and O–H groups in total. The number of carbonyl (C=O) groups excluding carboxylic acids is 2. The zero-order valence-corrected chi connectivity index (χ0v) is 22.3. The number of rotatable bonds is 9. The number of nitrogens with zero attached hydrogens (tertiary/aromatic N) is 1. The summed E-state index contributed by atoms with van der Waals surface area (Å²) in [6, 6.07) is 25.1. The number of nitrogens with one attached hydrogen (secondary N) is 2. The van der Waals surface area contributed by atoms with Crippen molar-refractivity contribution in [3.8, 4) is 28.4 Å². The number of fused-ring (bicyclic) bond motifs is 1. The summed E-state index contributed by atoms with van der Waals surface area (Å²) in [6.45, 7) is 2.15. The van der Waals surface area contributed by atoms with Crippen molar-refractivity contribution >= 4 is 29.0 Å². The highest BCUT2D eigenvalue weighted by atomic mass is 19.1. The molecule has 9 heteroatoms. The van der Waals surface area contributed by atoms with Crippen LogP contribution in [-0.4, -0.2) is 36.8 Å². The molecule has 0 saturated heterocycles. The SMILES string of the molecule is CCOc1cc(C=NNC(=O)c2[nH]c3ccc(F)cc3c2-c2ccccc2)ccc1OC(=O)c1cccc(OC)c1. The maximum Gasteiger partial charge on any atom is 0.343 e. The van der Waals surface area contributed by atoms with Gasteiger partial charge in [-0.2, -0.15) is 5.10 Å². The van der Waals surface area contributed by atoms with Crippen LogP contribution in [0.4, 0.5) is 4.39 Å². The van der Waals surface area contributed by atoms with Crippen LogP contribution in [0.3, 0.4) is 0 Å². The third-order valence-electron chi connectivity index (χ3n) is 6.21. The normalized spacial score (nSPS) is 11.0. The van der Waals surface area contributed by atoms with Gasteiger partial charge in [-0.05, 0) is 72.6 Å². The number of methoxy groups -OCH3 is 1. The Balaban J connectivity index is 1.35. The van der Waals surface area contributed by atoms with Crippen molar-refractivity contribution in [3.05, 3.63) is 114 Å². The number of carbonyl (C=O) groups is 2. The van der Waals surface area contributed by atoms with Crippen LogP contribution in [0.2, 0.25) is 0 Å². The lowest BCUT2D eigenvalue weighted by atomic mass is 10.0. The van der Waals surface area contributed by atoms with E-state index in [2.05, 4.69) is 15.5 Å². The molecule has 1 heterocycles. The number of aromatic amines is 1. The molecule has 0 spiro atoms. The summed E-state index contributed by atoms with van der Waals surface area (Å²) in [5.74, 6) is -0.353. The average Bonchev–Trinajstić information content (AvgIpc) is 3.37. The van der Waals surface area contributed by atoms with Gasteiger partial charge in [0.1, 0.15) is 17.3 Å². The molecule has 0 bridgehead atoms. The number of benzene rings is 4. The van der Waals surface area contributed by atoms with Gasteiger partial charge in [-0.1, -0.05) is 36.4 Å². The minimum absolute atomic E-state index is 0.235. The Hall–Kier alpha value is -5.44. The predicted octanol–water partition coefficient (Wildman–Crippen LogP) is 6.36. The largest absolute Gasteiger partial charge is 0.497 e. The van der Waals surface area contributed by atoms with Crippen molar-refractivity contribution in [2.75, 3.05) is 13.7 Å². The monoisotopic (exact) mass is 551 g/mol. The van der Waals surface area contributed by atoms with Gasteiger partial charge >= 0.3 is 5.97 Å². The lowest BCUT2D eigenvalue weighted by Gasteiger charge is -2.11. The fourth-order valence-electron chi connectivity index (χ4n) is 4.33. The van der Waals surface area contributed by atoms with Crippen LogP contribution in [-0.2, 0) is 0 Å². The number of ether oxygens (including phenoxy) is 3. The third-order valence-corrected chi connectivity index (χ3v) is 6.21. The molecule has 1 aromatic heterocycles. The molecule has 8 nitrogen and oxygen atoms in total. The van der Waals surface area contributed by atoms with Crippen LogP contribution in [0.5, 0.6) is 17.2 Å². The molecule has 5 rings (SSSR count). The molecule has 0 aliphatic rings. The predicted molar refractivity (Wildman–Crippen MR) is 154 cm³/mol. The van der Waals surface area contributed by atoms with E-state index in [9.17, 15) is 14.0 Å². The zero-order chi connectivity index (χ0) is 28.8. The molecule has 1 amide bonds. The Morgan fingerprint density at radius 3 is 2.56 bits per heavy atom. The molecule has 4 aromatic carbocycles. The minimum Gasteiger partial charge on any atom is -0.497 e. The summed E-state index contributed by atoms with van der Waals surface area (Å²) >= 11 is 0. The van der Waals surface area contributed by atoms with E-state index in [1.807, 2.05) is 37.3 Å². The zero-order valence-electron chi connectivity index (χ0n) is 22.3. The van der Waals surface area contributed by atoms with E-state index in [0.717, 1.165) is 5.56 Å². The number of hydrogen-bond acceptors (Lipinski definition) is 6. The van der Waals surface area contributed by atoms with E-state index in [1.54, 1.807) is 48.5 Å². The molecular formula is C32H26FN3O5. The first kappa shape index (κ1) is 27.1. The number of esters is 1. The highest BCUT2D eigenvalue weighted by molar-refractivity contribution is 6.09. The van der Waals surface area contributed by atoms with E-state index in [-0.39, 0.29) is 11.4 Å². The van der Waals surface area contributed by atoms with Crippen LogP contribution in [0.1, 0.15) is 33.3 Å². The quantitative estimate of drug-likeness (QED) is 0.0960. The van der Waals surface area contributed by atoms with Crippen molar-refractivity contribution in [2.24, 2.45) is 5.10 Å². The molecular weight excluding hydrogens is 525 g/mol. The molecule has 0 atom stereocenters. The topological polar surface area (TPSA) is 102 Å². The summed E-state index contributed by atoms with van der Waals surface area (Å²) in [5.41, 5.74) is 5.67. The standard InChI is InChI=1S/C32H26FN3O5/c1-3-40-28-16-20(12-15-27(28)41-32(38)22-10-7-11-24(17-22)39-2)19-34-36-31(37)30-29(21-8-5-4-6-9-21)25-18-23(33)13-14-26(25)35-30/h4-19,35H,3H2,1-2H3,(H,36,37). The third kappa shape index (κ3) is 6.09. The van der Waals surface area contributed by atoms with Crippen LogP contribution < -0.4 is 19.6 Å². The highest BCUT2D eigenvalue weighted by Crippen LogP contribution is 2.33. The Kier molecular flexibility index (Phi) is 8.05. The number of hydrazone groups is 1. The van der Waals surface area contributed by atoms with Gasteiger partial charge in [0.15, 0.2) is 11.5 Å². The Bertz CT molecular complexity index is 1750. The van der Waals surface area contributed by atoms with Crippen LogP contribution in [0.15, 0.2) is 96.1 Å². The Morgan fingerprint density at radius 2 is 1.78 bits per heavy atom. The number of H-pyrrole nitrogens is 1. The molecule has 206 valence electrons. The summed E-state index contributed by atoms with van der Waals surface area (Å²) in [5, 5.41) is 4.69. The van der Waals surface area contributed by atoms with Crippen LogP contribution in [0.25, 0.3) is 22.0 Å².